The molecule has 0 atom stereocenters. The zero-order chi connectivity index (χ0) is 12.4. The van der Waals surface area contributed by atoms with Crippen molar-refractivity contribution in [2.45, 2.75) is 12.7 Å². The Hall–Kier alpha value is -1.69. The van der Waals surface area contributed by atoms with Crippen LogP contribution in [0.4, 0.5) is 8.78 Å². The van der Waals surface area contributed by atoms with Crippen LogP contribution >= 0.6 is 0 Å². The normalized spacial score (nSPS) is 15.9. The van der Waals surface area contributed by atoms with Gasteiger partial charge in [-0.2, -0.15) is 8.78 Å². The second kappa shape index (κ2) is 4.67. The lowest BCUT2D eigenvalue weighted by molar-refractivity contribution is -0.0499. The number of hydrogen-bond acceptors (Lipinski definition) is 3. The maximum atomic E-state index is 12.0. The molecule has 0 aliphatic carbocycles. The molecular weight excluding hydrogens is 232 g/mol. The molecule has 0 radical (unpaired) electrons. The fourth-order valence-corrected chi connectivity index (χ4v) is 1.61. The molecule has 0 unspecified atom stereocenters. The van der Waals surface area contributed by atoms with Gasteiger partial charge in [-0.05, 0) is 18.2 Å². The first-order valence-corrected chi connectivity index (χ1v) is 5.08. The van der Waals surface area contributed by atoms with Crippen LogP contribution in [0.1, 0.15) is 10.4 Å². The number of rotatable bonds is 3. The molecule has 0 bridgehead atoms. The predicted octanol–water partition coefficient (Wildman–Crippen LogP) is 1.10. The molecule has 1 aliphatic heterocycles. The van der Waals surface area contributed by atoms with E-state index in [0.29, 0.717) is 0 Å². The van der Waals surface area contributed by atoms with E-state index < -0.39 is 12.7 Å². The Morgan fingerprint density at radius 1 is 1.47 bits per heavy atom. The van der Waals surface area contributed by atoms with Crippen molar-refractivity contribution >= 4 is 5.91 Å². The number of carbonyl (C=O) groups excluding carboxylic acids is 1. The van der Waals surface area contributed by atoms with E-state index in [0.717, 1.165) is 0 Å². The summed E-state index contributed by atoms with van der Waals surface area (Å²) in [6, 6.07) is 5.61. The highest BCUT2D eigenvalue weighted by Gasteiger charge is 2.29. The number of β-amino-alcohol motifs (C(OH)–C–C–N with tert-alkyl or cyclic N) is 1. The van der Waals surface area contributed by atoms with Crippen molar-refractivity contribution in [1.29, 1.82) is 0 Å². The maximum Gasteiger partial charge on any atom is 0.387 e. The molecule has 1 N–H and O–H groups in total. The summed E-state index contributed by atoms with van der Waals surface area (Å²) in [4.78, 5) is 13.2. The number of amides is 1. The molecule has 1 fully saturated rings. The van der Waals surface area contributed by atoms with Gasteiger partial charge >= 0.3 is 6.61 Å². The number of aliphatic hydroxyl groups is 1. The molecule has 0 saturated carbocycles. The average molecular weight is 243 g/mol. The average Bonchev–Trinajstić information content (AvgIpc) is 2.23. The number of halogens is 2. The molecule has 17 heavy (non-hydrogen) atoms. The molecule has 6 heteroatoms. The quantitative estimate of drug-likeness (QED) is 0.865. The first-order valence-electron chi connectivity index (χ1n) is 5.08. The third kappa shape index (κ3) is 2.71. The fourth-order valence-electron chi connectivity index (χ4n) is 1.61. The zero-order valence-corrected chi connectivity index (χ0v) is 8.85. The second-order valence-corrected chi connectivity index (χ2v) is 3.77. The summed E-state index contributed by atoms with van der Waals surface area (Å²) < 4.78 is 28.2. The van der Waals surface area contributed by atoms with Crippen LogP contribution in [-0.2, 0) is 0 Å². The topological polar surface area (TPSA) is 49.8 Å². The summed E-state index contributed by atoms with van der Waals surface area (Å²) in [7, 11) is 0. The van der Waals surface area contributed by atoms with Gasteiger partial charge in [-0.15, -0.1) is 0 Å². The minimum Gasteiger partial charge on any atom is -0.435 e. The van der Waals surface area contributed by atoms with Gasteiger partial charge in [0.1, 0.15) is 5.75 Å². The smallest absolute Gasteiger partial charge is 0.387 e. The summed E-state index contributed by atoms with van der Waals surface area (Å²) in [6.45, 7) is -2.36. The highest BCUT2D eigenvalue weighted by atomic mass is 19.3. The van der Waals surface area contributed by atoms with Gasteiger partial charge in [0.2, 0.25) is 0 Å². The van der Waals surface area contributed by atoms with Crippen molar-refractivity contribution < 1.29 is 23.4 Å². The number of aliphatic hydroxyl groups excluding tert-OH is 1. The van der Waals surface area contributed by atoms with Gasteiger partial charge in [0.15, 0.2) is 0 Å². The van der Waals surface area contributed by atoms with E-state index in [2.05, 4.69) is 4.74 Å². The van der Waals surface area contributed by atoms with Crippen LogP contribution in [0.5, 0.6) is 5.75 Å². The van der Waals surface area contributed by atoms with Crippen LogP contribution in [0.25, 0.3) is 0 Å². The largest absolute Gasteiger partial charge is 0.435 e. The monoisotopic (exact) mass is 243 g/mol. The number of benzene rings is 1. The van der Waals surface area contributed by atoms with Gasteiger partial charge in [0, 0.05) is 18.7 Å². The van der Waals surface area contributed by atoms with Crippen molar-refractivity contribution in [1.82, 2.24) is 4.90 Å². The Labute approximate surface area is 96.4 Å². The van der Waals surface area contributed by atoms with Crippen LogP contribution in [0, 0.1) is 0 Å². The van der Waals surface area contributed by atoms with E-state index in [1.807, 2.05) is 0 Å². The minimum absolute atomic E-state index is 0.0491. The fraction of sp³-hybridized carbons (Fsp3) is 0.364. The van der Waals surface area contributed by atoms with Crippen molar-refractivity contribution in [3.63, 3.8) is 0 Å². The summed E-state index contributed by atoms with van der Waals surface area (Å²) in [5, 5.41) is 9.07. The number of alkyl halides is 2. The van der Waals surface area contributed by atoms with Gasteiger partial charge in [-0.1, -0.05) is 6.07 Å². The van der Waals surface area contributed by atoms with Crippen LogP contribution in [0.15, 0.2) is 24.3 Å². The highest BCUT2D eigenvalue weighted by Crippen LogP contribution is 2.19. The zero-order valence-electron chi connectivity index (χ0n) is 8.85. The molecule has 2 rings (SSSR count). The third-order valence-corrected chi connectivity index (χ3v) is 2.46. The summed E-state index contributed by atoms with van der Waals surface area (Å²) >= 11 is 0. The Bertz CT molecular complexity index is 419. The molecule has 1 aromatic rings. The van der Waals surface area contributed by atoms with Crippen molar-refractivity contribution in [2.24, 2.45) is 0 Å². The Morgan fingerprint density at radius 3 is 2.76 bits per heavy atom. The molecule has 1 aliphatic rings. The van der Waals surface area contributed by atoms with Crippen molar-refractivity contribution in [2.75, 3.05) is 13.1 Å². The number of nitrogens with zero attached hydrogens (tertiary/aromatic N) is 1. The van der Waals surface area contributed by atoms with Crippen LogP contribution in [-0.4, -0.2) is 41.7 Å². The summed E-state index contributed by atoms with van der Waals surface area (Å²) in [5.41, 5.74) is 0.273. The summed E-state index contributed by atoms with van der Waals surface area (Å²) in [6.07, 6.45) is -0.487. The predicted molar refractivity (Wildman–Crippen MR) is 55.0 cm³/mol. The number of ether oxygens (including phenoxy) is 1. The first kappa shape index (κ1) is 11.8. The number of carbonyl (C=O) groups is 1. The number of hydrogen-bond donors (Lipinski definition) is 1. The van der Waals surface area contributed by atoms with Crippen molar-refractivity contribution in [3.8, 4) is 5.75 Å². The highest BCUT2D eigenvalue weighted by molar-refractivity contribution is 5.95. The SMILES string of the molecule is O=C(c1cccc(OC(F)F)c1)N1CC(O)C1. The van der Waals surface area contributed by atoms with Crippen LogP contribution < -0.4 is 4.74 Å². The molecular formula is C11H11F2NO3. The van der Waals surface area contributed by atoms with Gasteiger partial charge in [0.05, 0.1) is 6.10 Å². The molecule has 0 aromatic heterocycles. The van der Waals surface area contributed by atoms with Gasteiger partial charge in [-0.3, -0.25) is 4.79 Å². The van der Waals surface area contributed by atoms with E-state index in [-0.39, 0.29) is 30.3 Å². The molecule has 1 heterocycles. The van der Waals surface area contributed by atoms with E-state index in [9.17, 15) is 13.6 Å². The molecule has 1 aromatic carbocycles. The standard InChI is InChI=1S/C11H11F2NO3/c12-11(13)17-9-3-1-2-7(4-9)10(16)14-5-8(15)6-14/h1-4,8,11,15H,5-6H2. The second-order valence-electron chi connectivity index (χ2n) is 3.77. The van der Waals surface area contributed by atoms with Gasteiger partial charge < -0.3 is 14.7 Å². The van der Waals surface area contributed by atoms with E-state index >= 15 is 0 Å². The minimum atomic E-state index is -2.91. The Kier molecular flexibility index (Phi) is 3.23. The molecule has 1 amide bonds. The van der Waals surface area contributed by atoms with Crippen molar-refractivity contribution in [3.05, 3.63) is 29.8 Å². The molecule has 1 saturated heterocycles. The Morgan fingerprint density at radius 2 is 2.18 bits per heavy atom. The maximum absolute atomic E-state index is 12.0. The summed E-state index contributed by atoms with van der Waals surface area (Å²) in [5.74, 6) is -0.345. The lowest BCUT2D eigenvalue weighted by Crippen LogP contribution is -2.53. The van der Waals surface area contributed by atoms with Gasteiger partial charge in [0.25, 0.3) is 5.91 Å². The number of likely N-dealkylation sites (tertiary alicyclic amines) is 1. The lowest BCUT2D eigenvalue weighted by atomic mass is 10.1. The molecule has 0 spiro atoms. The van der Waals surface area contributed by atoms with E-state index in [1.54, 1.807) is 0 Å². The van der Waals surface area contributed by atoms with Crippen LogP contribution in [0.2, 0.25) is 0 Å². The molecule has 4 nitrogen and oxygen atoms in total. The van der Waals surface area contributed by atoms with Gasteiger partial charge in [-0.25, -0.2) is 0 Å². The van der Waals surface area contributed by atoms with E-state index in [4.69, 9.17) is 5.11 Å². The molecule has 92 valence electrons. The Balaban J connectivity index is 2.07. The third-order valence-electron chi connectivity index (χ3n) is 2.46. The first-order chi connectivity index (χ1) is 8.06. The lowest BCUT2D eigenvalue weighted by Gasteiger charge is -2.35. The van der Waals surface area contributed by atoms with Crippen LogP contribution in [0.3, 0.4) is 0 Å². The van der Waals surface area contributed by atoms with E-state index in [1.165, 1.54) is 29.2 Å².